The van der Waals surface area contributed by atoms with Gasteiger partial charge in [0.2, 0.25) is 0 Å². The first-order valence-corrected chi connectivity index (χ1v) is 11.0. The summed E-state index contributed by atoms with van der Waals surface area (Å²) >= 11 is 4.27. The molecule has 0 saturated heterocycles. The number of thiol groups is 1. The van der Waals surface area contributed by atoms with Gasteiger partial charge in [0.15, 0.2) is 0 Å². The number of ether oxygens (including phenoxy) is 2. The highest BCUT2D eigenvalue weighted by Gasteiger charge is 2.83. The van der Waals surface area contributed by atoms with E-state index in [4.69, 9.17) is 9.47 Å². The molecule has 6 heteroatoms. The van der Waals surface area contributed by atoms with Crippen molar-refractivity contribution >= 4 is 12.6 Å². The molecule has 0 N–H and O–H groups in total. The van der Waals surface area contributed by atoms with Gasteiger partial charge in [0.1, 0.15) is 22.5 Å². The molecule has 3 nitrogen and oxygen atoms in total. The minimum Gasteiger partial charge on any atom is -0.494 e. The lowest BCUT2D eigenvalue weighted by molar-refractivity contribution is 0.0773. The fourth-order valence-corrected chi connectivity index (χ4v) is 4.86. The van der Waals surface area contributed by atoms with Gasteiger partial charge in [-0.15, -0.1) is 0 Å². The van der Waals surface area contributed by atoms with Crippen LogP contribution in [0.4, 0.5) is 8.78 Å². The minimum atomic E-state index is -3.05. The quantitative estimate of drug-likeness (QED) is 0.401. The molecule has 3 aromatic rings. The third-order valence-corrected chi connectivity index (χ3v) is 6.52. The fraction of sp³-hybridized carbons (Fsp3) is 0.269. The zero-order chi connectivity index (χ0) is 22.8. The predicted octanol–water partition coefficient (Wildman–Crippen LogP) is 6.45. The van der Waals surface area contributed by atoms with E-state index in [0.717, 1.165) is 5.56 Å². The Kier molecular flexibility index (Phi) is 6.12. The van der Waals surface area contributed by atoms with E-state index < -0.39 is 22.5 Å². The van der Waals surface area contributed by atoms with Gasteiger partial charge in [-0.2, -0.15) is 17.9 Å². The molecule has 164 valence electrons. The maximum Gasteiger partial charge on any atom is 0.264 e. The molecule has 0 bridgehead atoms. The maximum atomic E-state index is 15.3. The molecule has 0 amide bonds. The van der Waals surface area contributed by atoms with Crippen molar-refractivity contribution < 1.29 is 18.3 Å². The van der Waals surface area contributed by atoms with E-state index in [0.29, 0.717) is 29.4 Å². The number of halogens is 2. The summed E-state index contributed by atoms with van der Waals surface area (Å²) in [4.78, 5) is 0. The zero-order valence-corrected chi connectivity index (χ0v) is 18.4. The van der Waals surface area contributed by atoms with E-state index in [-0.39, 0.29) is 6.42 Å². The van der Waals surface area contributed by atoms with Crippen molar-refractivity contribution in [2.24, 2.45) is 5.92 Å². The van der Waals surface area contributed by atoms with Crippen molar-refractivity contribution in [2.75, 3.05) is 6.61 Å². The molecule has 1 fully saturated rings. The first-order valence-electron chi connectivity index (χ1n) is 10.4. The molecule has 4 rings (SSSR count). The van der Waals surface area contributed by atoms with E-state index in [2.05, 4.69) is 12.6 Å². The third-order valence-electron chi connectivity index (χ3n) is 5.99. The summed E-state index contributed by atoms with van der Waals surface area (Å²) in [5.74, 6) is -2.15. The van der Waals surface area contributed by atoms with Crippen LogP contribution >= 0.6 is 12.6 Å². The number of alkyl halides is 2. The van der Waals surface area contributed by atoms with Crippen molar-refractivity contribution in [3.63, 3.8) is 0 Å². The lowest BCUT2D eigenvalue weighted by Crippen LogP contribution is -2.27. The molecule has 0 aromatic heterocycles. The molecular formula is C26H23F2NO2S. The first kappa shape index (κ1) is 22.2. The van der Waals surface area contributed by atoms with Crippen LogP contribution in [0.5, 0.6) is 17.2 Å². The Labute approximate surface area is 192 Å². The summed E-state index contributed by atoms with van der Waals surface area (Å²) in [7, 11) is 0. The number of nitriles is 1. The average molecular weight is 452 g/mol. The molecule has 1 aliphatic carbocycles. The Balaban J connectivity index is 1.56. The Morgan fingerprint density at radius 1 is 0.938 bits per heavy atom. The van der Waals surface area contributed by atoms with Gasteiger partial charge in [-0.25, -0.2) is 8.78 Å². The van der Waals surface area contributed by atoms with Crippen LogP contribution in [0, 0.1) is 17.2 Å². The number of hydrogen-bond donors (Lipinski definition) is 1. The van der Waals surface area contributed by atoms with Gasteiger partial charge >= 0.3 is 0 Å². The fourth-order valence-electron chi connectivity index (χ4n) is 4.36. The highest BCUT2D eigenvalue weighted by Crippen LogP contribution is 2.70. The van der Waals surface area contributed by atoms with E-state index in [1.54, 1.807) is 48.5 Å². The largest absolute Gasteiger partial charge is 0.494 e. The standard InChI is InChI=1S/C26H23F2NO2S/c1-2-30-20-14-10-19(11-15-20)25(24(32)17-29)23(26(25,27)28)16-18-8-12-22(13-9-18)31-21-6-4-3-5-7-21/h3-15,23-24,32H,2,16H2,1H3. The number of para-hydroxylation sites is 1. The lowest BCUT2D eigenvalue weighted by Gasteiger charge is -2.20. The van der Waals surface area contributed by atoms with Crippen LogP contribution in [0.15, 0.2) is 78.9 Å². The molecule has 3 atom stereocenters. The zero-order valence-electron chi connectivity index (χ0n) is 17.5. The van der Waals surface area contributed by atoms with Gasteiger partial charge in [-0.05, 0) is 60.9 Å². The summed E-state index contributed by atoms with van der Waals surface area (Å²) in [6, 6.07) is 25.0. The topological polar surface area (TPSA) is 42.2 Å². The molecule has 0 spiro atoms. The van der Waals surface area contributed by atoms with Crippen LogP contribution in [-0.2, 0) is 11.8 Å². The monoisotopic (exact) mass is 451 g/mol. The van der Waals surface area contributed by atoms with Gasteiger partial charge in [0.25, 0.3) is 5.92 Å². The molecule has 0 heterocycles. The molecule has 3 unspecified atom stereocenters. The smallest absolute Gasteiger partial charge is 0.264 e. The molecule has 0 radical (unpaired) electrons. The van der Waals surface area contributed by atoms with Gasteiger partial charge in [0, 0.05) is 5.92 Å². The second kappa shape index (κ2) is 8.84. The van der Waals surface area contributed by atoms with Gasteiger partial charge in [-0.3, -0.25) is 0 Å². The Bertz CT molecular complexity index is 1100. The number of benzene rings is 3. The van der Waals surface area contributed by atoms with E-state index in [1.807, 2.05) is 43.3 Å². The summed E-state index contributed by atoms with van der Waals surface area (Å²) in [6.45, 7) is 2.34. The van der Waals surface area contributed by atoms with Crippen molar-refractivity contribution in [1.82, 2.24) is 0 Å². The molecule has 32 heavy (non-hydrogen) atoms. The molecule has 0 aliphatic heterocycles. The minimum absolute atomic E-state index is 0.130. The van der Waals surface area contributed by atoms with Crippen molar-refractivity contribution in [3.05, 3.63) is 90.0 Å². The molecule has 1 aliphatic rings. The van der Waals surface area contributed by atoms with E-state index >= 15 is 8.78 Å². The Hall–Kier alpha value is -3.04. The van der Waals surface area contributed by atoms with Crippen molar-refractivity contribution in [2.45, 2.75) is 29.9 Å². The Morgan fingerprint density at radius 3 is 2.12 bits per heavy atom. The summed E-state index contributed by atoms with van der Waals surface area (Å²) < 4.78 is 41.8. The molecular weight excluding hydrogens is 428 g/mol. The normalized spacial score (nSPS) is 21.9. The van der Waals surface area contributed by atoms with Crippen LogP contribution < -0.4 is 9.47 Å². The maximum absolute atomic E-state index is 15.3. The third kappa shape index (κ3) is 3.82. The SMILES string of the molecule is CCOc1ccc(C2(C(S)C#N)C(Cc3ccc(Oc4ccccc4)cc3)C2(F)F)cc1. The van der Waals surface area contributed by atoms with Crippen LogP contribution in [0.2, 0.25) is 0 Å². The van der Waals surface area contributed by atoms with Crippen molar-refractivity contribution in [1.29, 1.82) is 5.26 Å². The second-order valence-electron chi connectivity index (χ2n) is 7.80. The highest BCUT2D eigenvalue weighted by molar-refractivity contribution is 7.81. The number of rotatable bonds is 8. The van der Waals surface area contributed by atoms with Crippen LogP contribution in [0.3, 0.4) is 0 Å². The Morgan fingerprint density at radius 2 is 1.53 bits per heavy atom. The van der Waals surface area contributed by atoms with Crippen LogP contribution in [0.1, 0.15) is 18.1 Å². The van der Waals surface area contributed by atoms with Gasteiger partial charge in [0.05, 0.1) is 18.1 Å². The number of hydrogen-bond acceptors (Lipinski definition) is 4. The van der Waals surface area contributed by atoms with E-state index in [1.165, 1.54) is 0 Å². The van der Waals surface area contributed by atoms with Crippen LogP contribution in [-0.4, -0.2) is 17.8 Å². The van der Waals surface area contributed by atoms with Gasteiger partial charge in [-0.1, -0.05) is 42.5 Å². The summed E-state index contributed by atoms with van der Waals surface area (Å²) in [5.41, 5.74) is -0.489. The molecule has 1 saturated carbocycles. The second-order valence-corrected chi connectivity index (χ2v) is 8.31. The number of nitrogens with zero attached hydrogens (tertiary/aromatic N) is 1. The average Bonchev–Trinajstić information content (AvgIpc) is 3.30. The first-order chi connectivity index (χ1) is 15.4. The predicted molar refractivity (Wildman–Crippen MR) is 123 cm³/mol. The molecule has 3 aromatic carbocycles. The summed E-state index contributed by atoms with van der Waals surface area (Å²) in [6.07, 6.45) is 0.130. The van der Waals surface area contributed by atoms with Gasteiger partial charge < -0.3 is 9.47 Å². The summed E-state index contributed by atoms with van der Waals surface area (Å²) in [5, 5.41) is 8.36. The van der Waals surface area contributed by atoms with Crippen molar-refractivity contribution in [3.8, 4) is 23.3 Å². The lowest BCUT2D eigenvalue weighted by atomic mass is 9.87. The van der Waals surface area contributed by atoms with E-state index in [9.17, 15) is 5.26 Å². The highest BCUT2D eigenvalue weighted by atomic mass is 32.1. The van der Waals surface area contributed by atoms with Crippen LogP contribution in [0.25, 0.3) is 0 Å².